The molecule has 120 valence electrons. The topological polar surface area (TPSA) is 28.3 Å². The lowest BCUT2D eigenvalue weighted by molar-refractivity contribution is 0.284. The summed E-state index contributed by atoms with van der Waals surface area (Å²) in [6, 6.07) is 16.9. The van der Waals surface area contributed by atoms with Crippen molar-refractivity contribution in [2.45, 2.75) is 19.9 Å². The zero-order valence-corrected chi connectivity index (χ0v) is 13.9. The van der Waals surface area contributed by atoms with E-state index in [4.69, 9.17) is 4.74 Å². The first kappa shape index (κ1) is 15.6. The normalized spacial score (nSPS) is 11.3. The molecule has 3 rings (SSSR count). The third-order valence-electron chi connectivity index (χ3n) is 4.37. The second-order valence-corrected chi connectivity index (χ2v) is 5.83. The lowest BCUT2D eigenvalue weighted by atomic mass is 10.1. The highest BCUT2D eigenvalue weighted by Gasteiger charge is 2.08. The zero-order valence-electron chi connectivity index (χ0n) is 13.9. The summed E-state index contributed by atoms with van der Waals surface area (Å²) in [6.07, 6.45) is 3.16. The summed E-state index contributed by atoms with van der Waals surface area (Å²) < 4.78 is 5.35. The number of methoxy groups -OCH3 is 1. The van der Waals surface area contributed by atoms with Crippen molar-refractivity contribution < 1.29 is 4.74 Å². The Balaban J connectivity index is 1.69. The summed E-state index contributed by atoms with van der Waals surface area (Å²) in [5, 5.41) is 1.26. The van der Waals surface area contributed by atoms with Crippen LogP contribution in [0, 0.1) is 0 Å². The van der Waals surface area contributed by atoms with E-state index in [1.165, 1.54) is 22.0 Å². The SMILES string of the molecule is CCN(CCc1c[nH]c2ccc(OC)cc12)Cc1ccccc1. The van der Waals surface area contributed by atoms with Crippen molar-refractivity contribution in [1.82, 2.24) is 9.88 Å². The number of nitrogens with zero attached hydrogens (tertiary/aromatic N) is 1. The van der Waals surface area contributed by atoms with Gasteiger partial charge in [0.15, 0.2) is 0 Å². The molecule has 0 aliphatic heterocycles. The van der Waals surface area contributed by atoms with E-state index in [0.29, 0.717) is 0 Å². The number of H-pyrrole nitrogens is 1. The quantitative estimate of drug-likeness (QED) is 0.707. The van der Waals surface area contributed by atoms with E-state index < -0.39 is 0 Å². The van der Waals surface area contributed by atoms with Gasteiger partial charge < -0.3 is 9.72 Å². The van der Waals surface area contributed by atoms with E-state index in [0.717, 1.165) is 31.8 Å². The van der Waals surface area contributed by atoms with Crippen LogP contribution in [0.4, 0.5) is 0 Å². The molecular formula is C20H24N2O. The number of aromatic amines is 1. The average molecular weight is 308 g/mol. The van der Waals surface area contributed by atoms with Crippen LogP contribution >= 0.6 is 0 Å². The van der Waals surface area contributed by atoms with Crippen LogP contribution in [0.1, 0.15) is 18.1 Å². The van der Waals surface area contributed by atoms with Gasteiger partial charge in [-0.15, -0.1) is 0 Å². The number of aromatic nitrogens is 1. The molecule has 1 heterocycles. The zero-order chi connectivity index (χ0) is 16.1. The van der Waals surface area contributed by atoms with Crippen molar-refractivity contribution in [3.05, 3.63) is 65.9 Å². The van der Waals surface area contributed by atoms with E-state index in [1.807, 2.05) is 6.07 Å². The maximum atomic E-state index is 5.35. The van der Waals surface area contributed by atoms with Gasteiger partial charge in [0.05, 0.1) is 7.11 Å². The Bertz CT molecular complexity index is 749. The van der Waals surface area contributed by atoms with Crippen molar-refractivity contribution >= 4 is 10.9 Å². The van der Waals surface area contributed by atoms with E-state index in [1.54, 1.807) is 7.11 Å². The number of rotatable bonds is 7. The number of hydrogen-bond acceptors (Lipinski definition) is 2. The number of ether oxygens (including phenoxy) is 1. The second kappa shape index (κ2) is 7.34. The first-order valence-electron chi connectivity index (χ1n) is 8.20. The average Bonchev–Trinajstić information content (AvgIpc) is 3.01. The van der Waals surface area contributed by atoms with Gasteiger partial charge in [-0.25, -0.2) is 0 Å². The molecule has 0 radical (unpaired) electrons. The lowest BCUT2D eigenvalue weighted by Crippen LogP contribution is -2.25. The molecule has 1 aromatic heterocycles. The van der Waals surface area contributed by atoms with Crippen molar-refractivity contribution in [3.8, 4) is 5.75 Å². The van der Waals surface area contributed by atoms with Crippen LogP contribution < -0.4 is 4.74 Å². The van der Waals surface area contributed by atoms with E-state index in [-0.39, 0.29) is 0 Å². The molecule has 0 aliphatic carbocycles. The van der Waals surface area contributed by atoms with Crippen molar-refractivity contribution in [2.24, 2.45) is 0 Å². The smallest absolute Gasteiger partial charge is 0.119 e. The number of benzene rings is 2. The molecule has 1 N–H and O–H groups in total. The monoisotopic (exact) mass is 308 g/mol. The van der Waals surface area contributed by atoms with Gasteiger partial charge in [0.25, 0.3) is 0 Å². The Morgan fingerprint density at radius 2 is 1.91 bits per heavy atom. The number of likely N-dealkylation sites (N-methyl/N-ethyl adjacent to an activating group) is 1. The Labute approximate surface area is 137 Å². The molecule has 0 aliphatic rings. The minimum atomic E-state index is 0.912. The van der Waals surface area contributed by atoms with E-state index in [2.05, 4.69) is 65.5 Å². The summed E-state index contributed by atoms with van der Waals surface area (Å²) in [7, 11) is 1.71. The largest absolute Gasteiger partial charge is 0.497 e. The van der Waals surface area contributed by atoms with Crippen LogP contribution in [0.3, 0.4) is 0 Å². The molecule has 0 atom stereocenters. The number of fused-ring (bicyclic) bond motifs is 1. The molecule has 0 bridgehead atoms. The maximum absolute atomic E-state index is 5.35. The molecule has 2 aromatic carbocycles. The predicted molar refractivity (Wildman–Crippen MR) is 95.9 cm³/mol. The lowest BCUT2D eigenvalue weighted by Gasteiger charge is -2.20. The minimum absolute atomic E-state index is 0.912. The maximum Gasteiger partial charge on any atom is 0.119 e. The van der Waals surface area contributed by atoms with Crippen LogP contribution in [0.2, 0.25) is 0 Å². The van der Waals surface area contributed by atoms with Crippen LogP contribution in [0.25, 0.3) is 10.9 Å². The summed E-state index contributed by atoms with van der Waals surface area (Å²) in [6.45, 7) is 5.33. The summed E-state index contributed by atoms with van der Waals surface area (Å²) >= 11 is 0. The highest BCUT2D eigenvalue weighted by atomic mass is 16.5. The Hall–Kier alpha value is -2.26. The fourth-order valence-electron chi connectivity index (χ4n) is 2.96. The first-order valence-corrected chi connectivity index (χ1v) is 8.20. The summed E-state index contributed by atoms with van der Waals surface area (Å²) in [5.41, 5.74) is 3.90. The van der Waals surface area contributed by atoms with Crippen LogP contribution in [0.15, 0.2) is 54.7 Å². The molecule has 0 fully saturated rings. The van der Waals surface area contributed by atoms with Crippen LogP contribution in [0.5, 0.6) is 5.75 Å². The molecule has 3 nitrogen and oxygen atoms in total. The van der Waals surface area contributed by atoms with E-state index >= 15 is 0 Å². The van der Waals surface area contributed by atoms with Crippen LogP contribution in [-0.2, 0) is 13.0 Å². The predicted octanol–water partition coefficient (Wildman–Crippen LogP) is 4.24. The molecule has 3 heteroatoms. The van der Waals surface area contributed by atoms with Gasteiger partial charge in [-0.05, 0) is 42.3 Å². The number of hydrogen-bond donors (Lipinski definition) is 1. The fourth-order valence-corrected chi connectivity index (χ4v) is 2.96. The van der Waals surface area contributed by atoms with Gasteiger partial charge in [-0.2, -0.15) is 0 Å². The minimum Gasteiger partial charge on any atom is -0.497 e. The van der Waals surface area contributed by atoms with Crippen molar-refractivity contribution in [3.63, 3.8) is 0 Å². The first-order chi connectivity index (χ1) is 11.3. The molecule has 23 heavy (non-hydrogen) atoms. The Morgan fingerprint density at radius 1 is 1.09 bits per heavy atom. The van der Waals surface area contributed by atoms with E-state index in [9.17, 15) is 0 Å². The third-order valence-corrected chi connectivity index (χ3v) is 4.37. The third kappa shape index (κ3) is 3.74. The standard InChI is InChI=1S/C20H24N2O/c1-3-22(15-16-7-5-4-6-8-16)12-11-17-14-21-20-10-9-18(23-2)13-19(17)20/h4-10,13-14,21H,3,11-12,15H2,1-2H3. The summed E-state index contributed by atoms with van der Waals surface area (Å²) in [5.74, 6) is 0.912. The van der Waals surface area contributed by atoms with Gasteiger partial charge in [-0.3, -0.25) is 4.90 Å². The van der Waals surface area contributed by atoms with Gasteiger partial charge >= 0.3 is 0 Å². The van der Waals surface area contributed by atoms with Gasteiger partial charge in [0.2, 0.25) is 0 Å². The molecule has 0 saturated carbocycles. The number of nitrogens with one attached hydrogen (secondary N) is 1. The Morgan fingerprint density at radius 3 is 2.65 bits per heavy atom. The Kier molecular flexibility index (Phi) is 4.99. The summed E-state index contributed by atoms with van der Waals surface area (Å²) in [4.78, 5) is 5.84. The molecule has 0 amide bonds. The molecular weight excluding hydrogens is 284 g/mol. The van der Waals surface area contributed by atoms with Gasteiger partial charge in [0, 0.05) is 30.2 Å². The van der Waals surface area contributed by atoms with Crippen molar-refractivity contribution in [1.29, 1.82) is 0 Å². The second-order valence-electron chi connectivity index (χ2n) is 5.83. The van der Waals surface area contributed by atoms with Crippen molar-refractivity contribution in [2.75, 3.05) is 20.2 Å². The molecule has 0 unspecified atom stereocenters. The molecule has 3 aromatic rings. The molecule has 0 spiro atoms. The molecule has 0 saturated heterocycles. The van der Waals surface area contributed by atoms with Gasteiger partial charge in [0.1, 0.15) is 5.75 Å². The highest BCUT2D eigenvalue weighted by molar-refractivity contribution is 5.84. The fraction of sp³-hybridized carbons (Fsp3) is 0.300. The highest BCUT2D eigenvalue weighted by Crippen LogP contribution is 2.24. The van der Waals surface area contributed by atoms with Crippen LogP contribution in [-0.4, -0.2) is 30.1 Å². The van der Waals surface area contributed by atoms with Gasteiger partial charge in [-0.1, -0.05) is 37.3 Å².